The average Bonchev–Trinajstić information content (AvgIpc) is 3.81. The third-order valence-electron chi connectivity index (χ3n) is 14.3. The van der Waals surface area contributed by atoms with Crippen LogP contribution < -0.4 is 25.6 Å². The maximum atomic E-state index is 2.59. The minimum atomic E-state index is -2.67. The molecule has 3 heteroatoms. The smallest absolute Gasteiger partial charge is 0.182 e. The molecule has 4 aliphatic heterocycles. The van der Waals surface area contributed by atoms with Gasteiger partial charge in [0, 0.05) is 15.5 Å². The quantitative estimate of drug-likeness (QED) is 0.160. The predicted octanol–water partition coefficient (Wildman–Crippen LogP) is 12.5. The van der Waals surface area contributed by atoms with Crippen molar-refractivity contribution in [3.05, 3.63) is 247 Å². The number of rotatable bonds is 2. The zero-order valence-electron chi connectivity index (χ0n) is 33.7. The Hall–Kier alpha value is -7.17. The molecular formula is C59H37NSSi. The largest absolute Gasteiger partial charge is 0.310 e. The molecule has 2 spiro atoms. The van der Waals surface area contributed by atoms with E-state index in [0.717, 1.165) is 0 Å². The van der Waals surface area contributed by atoms with Crippen molar-refractivity contribution in [3.8, 4) is 33.4 Å². The Morgan fingerprint density at radius 3 is 1.56 bits per heavy atom. The Morgan fingerprint density at radius 1 is 0.355 bits per heavy atom. The highest BCUT2D eigenvalue weighted by Gasteiger charge is 2.55. The summed E-state index contributed by atoms with van der Waals surface area (Å²) in [4.78, 5) is 5.20. The second-order valence-electron chi connectivity index (χ2n) is 17.1. The van der Waals surface area contributed by atoms with Gasteiger partial charge in [-0.3, -0.25) is 0 Å². The molecule has 0 aromatic heterocycles. The van der Waals surface area contributed by atoms with Crippen LogP contribution in [-0.2, 0) is 5.41 Å². The Balaban J connectivity index is 1.09. The number of anilines is 3. The van der Waals surface area contributed by atoms with Gasteiger partial charge in [0.25, 0.3) is 0 Å². The van der Waals surface area contributed by atoms with E-state index < -0.39 is 13.5 Å². The molecule has 0 fully saturated rings. The highest BCUT2D eigenvalue weighted by molar-refractivity contribution is 7.99. The van der Waals surface area contributed by atoms with Crippen molar-refractivity contribution in [3.63, 3.8) is 0 Å². The summed E-state index contributed by atoms with van der Waals surface area (Å²) < 4.78 is 0. The van der Waals surface area contributed by atoms with E-state index in [4.69, 9.17) is 0 Å². The van der Waals surface area contributed by atoms with Crippen LogP contribution in [0, 0.1) is 0 Å². The van der Waals surface area contributed by atoms with Crippen LogP contribution in [0.1, 0.15) is 22.3 Å². The number of benzene rings is 10. The molecule has 10 aromatic rings. The van der Waals surface area contributed by atoms with Gasteiger partial charge in [0.1, 0.15) is 0 Å². The minimum absolute atomic E-state index is 0.562. The summed E-state index contributed by atoms with van der Waals surface area (Å²) in [6.07, 6.45) is 0. The lowest BCUT2D eigenvalue weighted by molar-refractivity contribution is 0.692. The van der Waals surface area contributed by atoms with Crippen LogP contribution in [0.25, 0.3) is 44.2 Å². The highest BCUT2D eigenvalue weighted by Crippen LogP contribution is 2.63. The molecule has 4 heterocycles. The third-order valence-corrected chi connectivity index (χ3v) is 20.4. The lowest BCUT2D eigenvalue weighted by Crippen LogP contribution is -2.70. The van der Waals surface area contributed by atoms with E-state index in [1.165, 1.54) is 114 Å². The topological polar surface area (TPSA) is 3.24 Å². The summed E-state index contributed by atoms with van der Waals surface area (Å²) in [7, 11) is -2.67. The van der Waals surface area contributed by atoms with Crippen molar-refractivity contribution in [2.75, 3.05) is 4.90 Å². The van der Waals surface area contributed by atoms with Gasteiger partial charge in [-0.1, -0.05) is 194 Å². The second-order valence-corrected chi connectivity index (χ2v) is 21.8. The molecule has 0 unspecified atom stereocenters. The van der Waals surface area contributed by atoms with Gasteiger partial charge in [-0.2, -0.15) is 0 Å². The van der Waals surface area contributed by atoms with E-state index in [0.29, 0.717) is 0 Å². The molecule has 4 aliphatic rings. The lowest BCUT2D eigenvalue weighted by atomic mass is 9.62. The van der Waals surface area contributed by atoms with Gasteiger partial charge in [0.15, 0.2) is 8.07 Å². The molecule has 0 atom stereocenters. The van der Waals surface area contributed by atoms with Crippen molar-refractivity contribution in [2.24, 2.45) is 0 Å². The number of nitrogens with zero attached hydrogens (tertiary/aromatic N) is 1. The molecule has 1 nitrogen and oxygen atoms in total. The van der Waals surface area contributed by atoms with E-state index in [1.54, 1.807) is 0 Å². The number of para-hydroxylation sites is 1. The van der Waals surface area contributed by atoms with Crippen LogP contribution in [0.2, 0.25) is 0 Å². The van der Waals surface area contributed by atoms with Crippen LogP contribution >= 0.6 is 11.8 Å². The Labute approximate surface area is 366 Å². The summed E-state index contributed by atoms with van der Waals surface area (Å²) in [5.41, 5.74) is 16.3. The summed E-state index contributed by atoms with van der Waals surface area (Å²) in [6.45, 7) is 0. The Bertz CT molecular complexity index is 3430. The zero-order chi connectivity index (χ0) is 40.6. The molecular weight excluding hydrogens is 783 g/mol. The molecule has 0 bridgehead atoms. The zero-order valence-corrected chi connectivity index (χ0v) is 35.5. The van der Waals surface area contributed by atoms with Gasteiger partial charge in [0.2, 0.25) is 0 Å². The normalized spacial score (nSPS) is 14.9. The van der Waals surface area contributed by atoms with E-state index in [2.05, 4.69) is 229 Å². The average molecular weight is 820 g/mol. The van der Waals surface area contributed by atoms with Gasteiger partial charge in [-0.25, -0.2) is 0 Å². The van der Waals surface area contributed by atoms with Crippen molar-refractivity contribution in [2.45, 2.75) is 15.2 Å². The van der Waals surface area contributed by atoms with E-state index in [-0.39, 0.29) is 0 Å². The number of hydrogen-bond acceptors (Lipinski definition) is 2. The maximum absolute atomic E-state index is 2.67. The molecule has 0 radical (unpaired) electrons. The van der Waals surface area contributed by atoms with Crippen molar-refractivity contribution < 1.29 is 0 Å². The highest BCUT2D eigenvalue weighted by atomic mass is 32.2. The fraction of sp³-hybridized carbons (Fsp3) is 0.0169. The monoisotopic (exact) mass is 819 g/mol. The Morgan fingerprint density at radius 2 is 0.871 bits per heavy atom. The Kier molecular flexibility index (Phi) is 7.06. The van der Waals surface area contributed by atoms with Crippen LogP contribution in [0.5, 0.6) is 0 Å². The van der Waals surface area contributed by atoms with E-state index in [9.17, 15) is 0 Å². The number of hydrogen-bond donors (Lipinski definition) is 0. The van der Waals surface area contributed by atoms with Gasteiger partial charge >= 0.3 is 0 Å². The fourth-order valence-corrected chi connectivity index (χ4v) is 18.8. The summed E-state index contributed by atoms with van der Waals surface area (Å²) in [6, 6.07) is 85.6. The third kappa shape index (κ3) is 4.29. The summed E-state index contributed by atoms with van der Waals surface area (Å²) >= 11 is 1.90. The first-order chi connectivity index (χ1) is 30.8. The predicted molar refractivity (Wildman–Crippen MR) is 262 cm³/mol. The van der Waals surface area contributed by atoms with Crippen LogP contribution in [0.15, 0.2) is 234 Å². The standard InChI is InChI=1S/C59H37NSSi/c1-2-18-41-38(16-1)17-15-22-42(41)39-32-35-52-50(36-39)59(48-24-7-10-27-53(48)61-54-28-11-8-25-49(54)59)47-23-6-9-26-51(47)60(52)40-33-34-46-45-21-5-14-31-57(45)62(58(46)37-40)55-29-12-3-19-43(55)44-20-4-13-30-56(44)62/h1-37H. The molecule has 288 valence electrons. The molecule has 10 aromatic carbocycles. The fourth-order valence-electron chi connectivity index (χ4n) is 12.0. The van der Waals surface area contributed by atoms with Crippen LogP contribution in [0.4, 0.5) is 17.1 Å². The van der Waals surface area contributed by atoms with Crippen molar-refractivity contribution >= 4 is 68.4 Å². The molecule has 62 heavy (non-hydrogen) atoms. The first-order valence-electron chi connectivity index (χ1n) is 21.6. The van der Waals surface area contributed by atoms with Gasteiger partial charge < -0.3 is 4.90 Å². The van der Waals surface area contributed by atoms with Crippen molar-refractivity contribution in [1.29, 1.82) is 0 Å². The summed E-state index contributed by atoms with van der Waals surface area (Å²) in [5, 5.41) is 8.48. The first-order valence-corrected chi connectivity index (χ1v) is 24.4. The van der Waals surface area contributed by atoms with E-state index >= 15 is 0 Å². The minimum Gasteiger partial charge on any atom is -0.310 e. The number of fused-ring (bicyclic) bond motifs is 19. The van der Waals surface area contributed by atoms with Crippen molar-refractivity contribution in [1.82, 2.24) is 0 Å². The lowest BCUT2D eigenvalue weighted by Gasteiger charge is -2.49. The van der Waals surface area contributed by atoms with Gasteiger partial charge in [-0.05, 0) is 130 Å². The van der Waals surface area contributed by atoms with Crippen LogP contribution in [-0.4, -0.2) is 8.07 Å². The van der Waals surface area contributed by atoms with Crippen LogP contribution in [0.3, 0.4) is 0 Å². The van der Waals surface area contributed by atoms with Gasteiger partial charge in [-0.15, -0.1) is 0 Å². The molecule has 0 saturated heterocycles. The molecule has 0 saturated carbocycles. The maximum Gasteiger partial charge on any atom is 0.182 e. The van der Waals surface area contributed by atoms with Gasteiger partial charge in [0.05, 0.1) is 16.8 Å². The second kappa shape index (κ2) is 12.7. The summed E-state index contributed by atoms with van der Waals surface area (Å²) in [5.74, 6) is 0. The van der Waals surface area contributed by atoms with E-state index in [1.807, 2.05) is 11.8 Å². The molecule has 0 amide bonds. The molecule has 0 N–H and O–H groups in total. The molecule has 0 aliphatic carbocycles. The molecule has 14 rings (SSSR count). The SMILES string of the molecule is c1ccc2c(c1)Sc1ccccc1C21c2ccccc2N(c2ccc3c(c2)[Si]2(c4ccccc4-c4ccccc42)c2ccccc2-3)c2ccc(-c3cccc4ccccc34)cc21. The first kappa shape index (κ1) is 34.5.